The van der Waals surface area contributed by atoms with Crippen molar-refractivity contribution >= 4 is 16.5 Å². The number of nitrogens with two attached hydrogens (primary N) is 1. The second-order valence-corrected chi connectivity index (χ2v) is 8.20. The molecule has 0 radical (unpaired) electrons. The van der Waals surface area contributed by atoms with Crippen LogP contribution in [0.4, 0.5) is 10.1 Å². The summed E-state index contributed by atoms with van der Waals surface area (Å²) in [5.74, 6) is -0.507. The maximum absolute atomic E-state index is 13.9. The highest BCUT2D eigenvalue weighted by atomic mass is 32.2. The molecular weight excluding hydrogens is 361 g/mol. The highest BCUT2D eigenvalue weighted by Crippen LogP contribution is 2.40. The summed E-state index contributed by atoms with van der Waals surface area (Å²) < 4.78 is 26.8. The van der Waals surface area contributed by atoms with Crippen LogP contribution in [0.15, 0.2) is 47.4 Å². The number of anilines is 1. The first-order valence-electron chi connectivity index (χ1n) is 9.72. The van der Waals surface area contributed by atoms with E-state index in [9.17, 15) is 13.7 Å². The van der Waals surface area contributed by atoms with Crippen LogP contribution in [0.25, 0.3) is 0 Å². The van der Waals surface area contributed by atoms with Crippen molar-refractivity contribution in [2.75, 3.05) is 11.5 Å². The van der Waals surface area contributed by atoms with Gasteiger partial charge in [0.25, 0.3) is 0 Å². The first kappa shape index (κ1) is 21.6. The van der Waals surface area contributed by atoms with Gasteiger partial charge in [-0.15, -0.1) is 0 Å². The highest BCUT2D eigenvalue weighted by molar-refractivity contribution is 7.85. The van der Waals surface area contributed by atoms with Crippen LogP contribution in [0.1, 0.15) is 57.1 Å². The summed E-state index contributed by atoms with van der Waals surface area (Å²) in [5, 5.41) is 11.1. The van der Waals surface area contributed by atoms with Gasteiger partial charge in [0.05, 0.1) is 16.9 Å². The predicted octanol–water partition coefficient (Wildman–Crippen LogP) is 4.85. The van der Waals surface area contributed by atoms with E-state index in [0.717, 1.165) is 24.8 Å². The predicted molar refractivity (Wildman–Crippen MR) is 111 cm³/mol. The first-order chi connectivity index (χ1) is 13.0. The molecule has 5 heteroatoms. The smallest absolute Gasteiger partial charge is 0.123 e. The molecule has 4 atom stereocenters. The molecule has 0 amide bonds. The molecule has 1 aliphatic heterocycles. The van der Waals surface area contributed by atoms with Gasteiger partial charge in [-0.3, -0.25) is 4.21 Å². The van der Waals surface area contributed by atoms with Crippen molar-refractivity contribution in [1.82, 2.24) is 0 Å². The van der Waals surface area contributed by atoms with Crippen LogP contribution in [0.5, 0.6) is 0 Å². The fourth-order valence-electron chi connectivity index (χ4n) is 3.66. The Morgan fingerprint density at radius 2 is 1.96 bits per heavy atom. The van der Waals surface area contributed by atoms with Crippen LogP contribution in [-0.4, -0.2) is 21.2 Å². The minimum absolute atomic E-state index is 0.0947. The third-order valence-electron chi connectivity index (χ3n) is 4.94. The summed E-state index contributed by atoms with van der Waals surface area (Å²) >= 11 is 0. The van der Waals surface area contributed by atoms with Gasteiger partial charge in [0, 0.05) is 22.3 Å². The van der Waals surface area contributed by atoms with Gasteiger partial charge in [0.15, 0.2) is 0 Å². The molecule has 0 aliphatic carbocycles. The lowest BCUT2D eigenvalue weighted by Gasteiger charge is -2.28. The maximum Gasteiger partial charge on any atom is 0.123 e. The molecule has 1 heterocycles. The lowest BCUT2D eigenvalue weighted by molar-refractivity contribution is 0.0970. The number of rotatable bonds is 4. The zero-order chi connectivity index (χ0) is 20.0. The van der Waals surface area contributed by atoms with Crippen molar-refractivity contribution in [3.63, 3.8) is 0 Å². The number of fused-ring (bicyclic) bond motifs is 1. The summed E-state index contributed by atoms with van der Waals surface area (Å²) in [6.45, 7) is 6.10. The second-order valence-electron chi connectivity index (χ2n) is 6.74. The Bertz CT molecular complexity index is 781. The summed E-state index contributed by atoms with van der Waals surface area (Å²) in [6.07, 6.45) is 2.06. The Morgan fingerprint density at radius 1 is 1.22 bits per heavy atom. The number of aliphatic hydroxyl groups is 1. The van der Waals surface area contributed by atoms with E-state index >= 15 is 0 Å². The quantitative estimate of drug-likeness (QED) is 0.732. The molecule has 0 spiro atoms. The van der Waals surface area contributed by atoms with Crippen LogP contribution in [0.2, 0.25) is 0 Å². The average molecular weight is 392 g/mol. The minimum atomic E-state index is -1.25. The van der Waals surface area contributed by atoms with E-state index in [1.54, 1.807) is 12.1 Å². The maximum atomic E-state index is 13.9. The van der Waals surface area contributed by atoms with Crippen LogP contribution in [0, 0.1) is 11.7 Å². The molecule has 27 heavy (non-hydrogen) atoms. The Balaban J connectivity index is 0.00000126. The molecule has 0 aromatic heterocycles. The number of halogens is 1. The summed E-state index contributed by atoms with van der Waals surface area (Å²) in [7, 11) is -1.25. The van der Waals surface area contributed by atoms with E-state index in [0.29, 0.717) is 21.9 Å². The minimum Gasteiger partial charge on any atom is -0.399 e. The molecule has 0 fully saturated rings. The van der Waals surface area contributed by atoms with Gasteiger partial charge in [0.2, 0.25) is 0 Å². The van der Waals surface area contributed by atoms with E-state index in [1.165, 1.54) is 12.1 Å². The van der Waals surface area contributed by atoms with E-state index < -0.39 is 22.8 Å². The molecule has 0 saturated heterocycles. The molecule has 0 bridgehead atoms. The molecule has 2 aromatic carbocycles. The van der Waals surface area contributed by atoms with E-state index in [1.807, 2.05) is 32.0 Å². The van der Waals surface area contributed by atoms with E-state index in [-0.39, 0.29) is 11.7 Å². The summed E-state index contributed by atoms with van der Waals surface area (Å²) in [5.41, 5.74) is 7.96. The zero-order valence-corrected chi connectivity index (χ0v) is 17.1. The molecule has 148 valence electrons. The van der Waals surface area contributed by atoms with E-state index in [4.69, 9.17) is 5.73 Å². The number of nitrogen functional groups attached to an aromatic ring is 1. The third-order valence-corrected chi connectivity index (χ3v) is 6.53. The van der Waals surface area contributed by atoms with Crippen molar-refractivity contribution in [1.29, 1.82) is 0 Å². The zero-order valence-electron chi connectivity index (χ0n) is 16.3. The number of hydrogen-bond donors (Lipinski definition) is 2. The number of benzene rings is 2. The standard InChI is InChI=1S/C20H24FNO2S.C2H6/c1-2-3-5-14-12-25(24)18-9-8-15(21)11-17(18)19(20(14)23)13-6-4-7-16(22)10-13;1-2/h4,6-11,14,19-20,23H,2-3,5,12,22H2,1H3;1-2H3. The largest absolute Gasteiger partial charge is 0.399 e. The molecule has 3 nitrogen and oxygen atoms in total. The van der Waals surface area contributed by atoms with Crippen LogP contribution >= 0.6 is 0 Å². The van der Waals surface area contributed by atoms with Crippen molar-refractivity contribution in [3.05, 3.63) is 59.4 Å². The van der Waals surface area contributed by atoms with Crippen molar-refractivity contribution < 1.29 is 13.7 Å². The van der Waals surface area contributed by atoms with Gasteiger partial charge in [-0.25, -0.2) is 4.39 Å². The van der Waals surface area contributed by atoms with Gasteiger partial charge >= 0.3 is 0 Å². The highest BCUT2D eigenvalue weighted by Gasteiger charge is 2.37. The Kier molecular flexibility index (Phi) is 7.99. The van der Waals surface area contributed by atoms with Crippen molar-refractivity contribution in [3.8, 4) is 0 Å². The monoisotopic (exact) mass is 391 g/mol. The Labute approximate surface area is 164 Å². The Morgan fingerprint density at radius 3 is 2.63 bits per heavy atom. The summed E-state index contributed by atoms with van der Waals surface area (Å²) in [6, 6.07) is 11.7. The van der Waals surface area contributed by atoms with Crippen molar-refractivity contribution in [2.24, 2.45) is 5.92 Å². The van der Waals surface area contributed by atoms with Gasteiger partial charge in [-0.05, 0) is 53.8 Å². The number of hydrogen-bond acceptors (Lipinski definition) is 3. The lowest BCUT2D eigenvalue weighted by Crippen LogP contribution is -2.29. The molecule has 2 aromatic rings. The van der Waals surface area contributed by atoms with Crippen molar-refractivity contribution in [2.45, 2.75) is 57.0 Å². The molecule has 0 saturated carbocycles. The van der Waals surface area contributed by atoms with Crippen LogP contribution < -0.4 is 5.73 Å². The van der Waals surface area contributed by atoms with Gasteiger partial charge < -0.3 is 10.8 Å². The Hall–Kier alpha value is -1.72. The van der Waals surface area contributed by atoms with Gasteiger partial charge in [-0.1, -0.05) is 45.7 Å². The fraction of sp³-hybridized carbons (Fsp3) is 0.455. The molecular formula is C22H30FNO2S. The molecule has 3 N–H and O–H groups in total. The first-order valence-corrected chi connectivity index (χ1v) is 11.0. The second kappa shape index (κ2) is 10.00. The van der Waals surface area contributed by atoms with Gasteiger partial charge in [-0.2, -0.15) is 0 Å². The van der Waals surface area contributed by atoms with Crippen LogP contribution in [0.3, 0.4) is 0 Å². The normalized spacial score (nSPS) is 24.3. The number of aliphatic hydroxyl groups excluding tert-OH is 1. The third kappa shape index (κ3) is 4.96. The molecule has 3 rings (SSSR count). The molecule has 1 aliphatic rings. The van der Waals surface area contributed by atoms with E-state index in [2.05, 4.69) is 6.92 Å². The molecule has 4 unspecified atom stereocenters. The summed E-state index contributed by atoms with van der Waals surface area (Å²) in [4.78, 5) is 0.617. The van der Waals surface area contributed by atoms with Crippen LogP contribution in [-0.2, 0) is 10.8 Å². The van der Waals surface area contributed by atoms with Gasteiger partial charge in [0.1, 0.15) is 5.82 Å². The number of unbranched alkanes of at least 4 members (excludes halogenated alkanes) is 1. The SMILES string of the molecule is CC.CCCCC1CS(=O)c2ccc(F)cc2C(c2cccc(N)c2)C1O. The topological polar surface area (TPSA) is 63.3 Å². The lowest BCUT2D eigenvalue weighted by atomic mass is 9.80. The average Bonchev–Trinajstić information content (AvgIpc) is 2.76. The fourth-order valence-corrected chi connectivity index (χ4v) is 5.26.